The molecule has 1 N–H and O–H groups in total. The molecule has 1 aliphatic heterocycles. The molecule has 0 bridgehead atoms. The Morgan fingerprint density at radius 1 is 0.929 bits per heavy atom. The molecule has 0 radical (unpaired) electrons. The van der Waals surface area contributed by atoms with E-state index in [4.69, 9.17) is 0 Å². The summed E-state index contributed by atoms with van der Waals surface area (Å²) < 4.78 is 0. The third-order valence-corrected chi connectivity index (χ3v) is 7.11. The van der Waals surface area contributed by atoms with Crippen LogP contribution in [0.2, 0.25) is 0 Å². The summed E-state index contributed by atoms with van der Waals surface area (Å²) in [6.45, 7) is 2.40. The average Bonchev–Trinajstić information content (AvgIpc) is 3.48. The van der Waals surface area contributed by atoms with Gasteiger partial charge in [0, 0.05) is 38.5 Å². The van der Waals surface area contributed by atoms with Crippen LogP contribution in [0, 0.1) is 11.8 Å². The van der Waals surface area contributed by atoms with Crippen molar-refractivity contribution in [2.24, 2.45) is 11.8 Å². The quantitative estimate of drug-likeness (QED) is 0.820. The fraction of sp³-hybridized carbons (Fsp3) is 0.667. The van der Waals surface area contributed by atoms with E-state index in [1.54, 1.807) is 6.07 Å². The van der Waals surface area contributed by atoms with E-state index in [0.29, 0.717) is 43.4 Å². The van der Waals surface area contributed by atoms with Crippen LogP contribution in [0.15, 0.2) is 12.1 Å². The van der Waals surface area contributed by atoms with Crippen molar-refractivity contribution in [2.75, 3.05) is 31.5 Å². The SMILES string of the molecule is O=C(Nc1ccc(C(=O)N2CCN(C(=O)CC3CCCCC3)CC2)s1)C1CC1. The second-order valence-corrected chi connectivity index (χ2v) is 9.39. The molecule has 0 atom stereocenters. The molecular weight excluding hydrogens is 374 g/mol. The molecular formula is C21H29N3O3S. The van der Waals surface area contributed by atoms with Crippen molar-refractivity contribution in [3.63, 3.8) is 0 Å². The number of amides is 3. The van der Waals surface area contributed by atoms with E-state index in [2.05, 4.69) is 5.32 Å². The Labute approximate surface area is 170 Å². The number of piperazine rings is 1. The molecule has 2 aliphatic carbocycles. The van der Waals surface area contributed by atoms with E-state index in [1.807, 2.05) is 15.9 Å². The van der Waals surface area contributed by atoms with E-state index in [-0.39, 0.29) is 23.6 Å². The van der Waals surface area contributed by atoms with Crippen molar-refractivity contribution in [3.05, 3.63) is 17.0 Å². The Morgan fingerprint density at radius 3 is 2.29 bits per heavy atom. The molecule has 0 spiro atoms. The van der Waals surface area contributed by atoms with Gasteiger partial charge in [0.15, 0.2) is 0 Å². The van der Waals surface area contributed by atoms with Gasteiger partial charge < -0.3 is 15.1 Å². The molecule has 3 aliphatic rings. The van der Waals surface area contributed by atoms with Crippen molar-refractivity contribution in [1.82, 2.24) is 9.80 Å². The maximum absolute atomic E-state index is 12.8. The predicted molar refractivity (Wildman–Crippen MR) is 109 cm³/mol. The first-order valence-electron chi connectivity index (χ1n) is 10.6. The largest absolute Gasteiger partial charge is 0.339 e. The summed E-state index contributed by atoms with van der Waals surface area (Å²) >= 11 is 1.33. The third-order valence-electron chi connectivity index (χ3n) is 6.12. The summed E-state index contributed by atoms with van der Waals surface area (Å²) in [7, 11) is 0. The number of hydrogen-bond acceptors (Lipinski definition) is 4. The van der Waals surface area contributed by atoms with E-state index in [9.17, 15) is 14.4 Å². The van der Waals surface area contributed by atoms with Gasteiger partial charge in [-0.05, 0) is 43.7 Å². The molecule has 1 saturated heterocycles. The minimum atomic E-state index is -0.00343. The second kappa shape index (κ2) is 8.64. The van der Waals surface area contributed by atoms with Crippen LogP contribution >= 0.6 is 11.3 Å². The number of rotatable bonds is 5. The van der Waals surface area contributed by atoms with Gasteiger partial charge in [-0.15, -0.1) is 11.3 Å². The van der Waals surface area contributed by atoms with Gasteiger partial charge in [0.2, 0.25) is 11.8 Å². The summed E-state index contributed by atoms with van der Waals surface area (Å²) in [4.78, 5) is 41.6. The summed E-state index contributed by atoms with van der Waals surface area (Å²) in [5, 5.41) is 3.64. The number of anilines is 1. The highest BCUT2D eigenvalue weighted by molar-refractivity contribution is 7.18. The summed E-state index contributed by atoms with van der Waals surface area (Å²) in [5.74, 6) is 1.01. The summed E-state index contributed by atoms with van der Waals surface area (Å²) in [5.41, 5.74) is 0. The highest BCUT2D eigenvalue weighted by atomic mass is 32.1. The fourth-order valence-corrected chi connectivity index (χ4v) is 5.05. The molecule has 3 fully saturated rings. The van der Waals surface area contributed by atoms with Crippen molar-refractivity contribution < 1.29 is 14.4 Å². The lowest BCUT2D eigenvalue weighted by Crippen LogP contribution is -2.50. The third kappa shape index (κ3) is 4.74. The molecule has 1 aromatic heterocycles. The van der Waals surface area contributed by atoms with Crippen molar-refractivity contribution >= 4 is 34.1 Å². The number of nitrogens with one attached hydrogen (secondary N) is 1. The zero-order valence-electron chi connectivity index (χ0n) is 16.3. The van der Waals surface area contributed by atoms with E-state index in [1.165, 1.54) is 43.4 Å². The summed E-state index contributed by atoms with van der Waals surface area (Å²) in [6, 6.07) is 3.60. The first-order chi connectivity index (χ1) is 13.6. The maximum atomic E-state index is 12.8. The van der Waals surface area contributed by atoms with Crippen LogP contribution in [0.1, 0.15) is 61.0 Å². The van der Waals surface area contributed by atoms with E-state index < -0.39 is 0 Å². The minimum absolute atomic E-state index is 0.00343. The number of nitrogens with zero attached hydrogens (tertiary/aromatic N) is 2. The number of thiophene rings is 1. The van der Waals surface area contributed by atoms with Crippen LogP contribution < -0.4 is 5.32 Å². The molecule has 3 amide bonds. The van der Waals surface area contributed by atoms with Crippen LogP contribution in [-0.2, 0) is 9.59 Å². The van der Waals surface area contributed by atoms with Gasteiger partial charge in [0.1, 0.15) is 0 Å². The van der Waals surface area contributed by atoms with E-state index in [0.717, 1.165) is 17.8 Å². The van der Waals surface area contributed by atoms with Crippen molar-refractivity contribution in [1.29, 1.82) is 0 Å². The zero-order chi connectivity index (χ0) is 19.5. The Kier molecular flexibility index (Phi) is 5.99. The lowest BCUT2D eigenvalue weighted by atomic mass is 9.86. The number of carbonyl (C=O) groups excluding carboxylic acids is 3. The van der Waals surface area contributed by atoms with Gasteiger partial charge >= 0.3 is 0 Å². The zero-order valence-corrected chi connectivity index (χ0v) is 17.1. The van der Waals surface area contributed by atoms with Crippen molar-refractivity contribution in [2.45, 2.75) is 51.4 Å². The van der Waals surface area contributed by atoms with Crippen LogP contribution in [0.25, 0.3) is 0 Å². The van der Waals surface area contributed by atoms with Crippen LogP contribution in [0.5, 0.6) is 0 Å². The summed E-state index contributed by atoms with van der Waals surface area (Å²) in [6.07, 6.45) is 8.78. The molecule has 0 unspecified atom stereocenters. The lowest BCUT2D eigenvalue weighted by Gasteiger charge is -2.35. The molecule has 2 heterocycles. The smallest absolute Gasteiger partial charge is 0.264 e. The second-order valence-electron chi connectivity index (χ2n) is 8.31. The maximum Gasteiger partial charge on any atom is 0.264 e. The Balaban J connectivity index is 1.25. The van der Waals surface area contributed by atoms with Gasteiger partial charge in [0.25, 0.3) is 5.91 Å². The van der Waals surface area contributed by atoms with Gasteiger partial charge in [-0.3, -0.25) is 14.4 Å². The Morgan fingerprint density at radius 2 is 1.61 bits per heavy atom. The van der Waals surface area contributed by atoms with Crippen LogP contribution in [0.4, 0.5) is 5.00 Å². The topological polar surface area (TPSA) is 69.7 Å². The van der Waals surface area contributed by atoms with Crippen LogP contribution in [0.3, 0.4) is 0 Å². The van der Waals surface area contributed by atoms with E-state index >= 15 is 0 Å². The van der Waals surface area contributed by atoms with Gasteiger partial charge in [-0.25, -0.2) is 0 Å². The van der Waals surface area contributed by atoms with Gasteiger partial charge in [0.05, 0.1) is 9.88 Å². The number of hydrogen-bond donors (Lipinski definition) is 1. The molecule has 7 heteroatoms. The normalized spacial score (nSPS) is 20.9. The first kappa shape index (κ1) is 19.4. The lowest BCUT2D eigenvalue weighted by molar-refractivity contribution is -0.134. The highest BCUT2D eigenvalue weighted by Crippen LogP contribution is 2.32. The molecule has 1 aromatic rings. The monoisotopic (exact) mass is 403 g/mol. The van der Waals surface area contributed by atoms with Gasteiger partial charge in [-0.1, -0.05) is 19.3 Å². The molecule has 4 rings (SSSR count). The average molecular weight is 404 g/mol. The first-order valence-corrected chi connectivity index (χ1v) is 11.4. The van der Waals surface area contributed by atoms with Crippen LogP contribution in [-0.4, -0.2) is 53.7 Å². The fourth-order valence-electron chi connectivity index (χ4n) is 4.17. The molecule has 0 aromatic carbocycles. The van der Waals surface area contributed by atoms with Gasteiger partial charge in [-0.2, -0.15) is 0 Å². The molecule has 28 heavy (non-hydrogen) atoms. The van der Waals surface area contributed by atoms with Crippen molar-refractivity contribution in [3.8, 4) is 0 Å². The predicted octanol–water partition coefficient (Wildman–Crippen LogP) is 3.35. The number of carbonyl (C=O) groups is 3. The molecule has 2 saturated carbocycles. The highest BCUT2D eigenvalue weighted by Gasteiger charge is 2.30. The molecule has 152 valence electrons. The Hall–Kier alpha value is -1.89. The Bertz CT molecular complexity index is 729. The standard InChI is InChI=1S/C21H29N3O3S/c25-19(14-15-4-2-1-3-5-15)23-10-12-24(13-11-23)21(27)17-8-9-18(28-17)22-20(26)16-6-7-16/h8-9,15-16H,1-7,10-14H2,(H,22,26). The minimum Gasteiger partial charge on any atom is -0.339 e. The molecule has 6 nitrogen and oxygen atoms in total.